The Labute approximate surface area is 117 Å². The van der Waals surface area contributed by atoms with Gasteiger partial charge in [0.1, 0.15) is 0 Å². The first-order valence-corrected chi connectivity index (χ1v) is 8.45. The van der Waals surface area contributed by atoms with E-state index < -0.39 is 0 Å². The van der Waals surface area contributed by atoms with Gasteiger partial charge < -0.3 is 10.2 Å². The van der Waals surface area contributed by atoms with E-state index in [0.717, 1.165) is 6.04 Å². The fourth-order valence-electron chi connectivity index (χ4n) is 2.59. The Morgan fingerprint density at radius 2 is 2.00 bits per heavy atom. The van der Waals surface area contributed by atoms with Gasteiger partial charge in [-0.25, -0.2) is 0 Å². The molecular weight excluding hydrogens is 240 g/mol. The lowest BCUT2D eigenvalue weighted by molar-refractivity contribution is 0.179. The maximum atomic E-state index is 3.69. The molecule has 0 bridgehead atoms. The average Bonchev–Trinajstić information content (AvgIpc) is 3.06. The van der Waals surface area contributed by atoms with Crippen LogP contribution in [0.15, 0.2) is 0 Å². The van der Waals surface area contributed by atoms with Crippen molar-refractivity contribution in [2.45, 2.75) is 57.7 Å². The van der Waals surface area contributed by atoms with Gasteiger partial charge in [0.05, 0.1) is 0 Å². The van der Waals surface area contributed by atoms with Gasteiger partial charge in [0.25, 0.3) is 0 Å². The van der Waals surface area contributed by atoms with Crippen LogP contribution in [0.2, 0.25) is 0 Å². The van der Waals surface area contributed by atoms with Crippen LogP contribution < -0.4 is 5.32 Å². The van der Waals surface area contributed by atoms with Crippen molar-refractivity contribution in [2.75, 3.05) is 31.9 Å². The van der Waals surface area contributed by atoms with Crippen LogP contribution in [-0.4, -0.2) is 47.6 Å². The highest BCUT2D eigenvalue weighted by molar-refractivity contribution is 8.00. The highest BCUT2D eigenvalue weighted by Crippen LogP contribution is 2.31. The van der Waals surface area contributed by atoms with Gasteiger partial charge in [0.2, 0.25) is 0 Å². The van der Waals surface area contributed by atoms with Gasteiger partial charge in [-0.3, -0.25) is 0 Å². The highest BCUT2D eigenvalue weighted by Gasteiger charge is 2.29. The summed E-state index contributed by atoms with van der Waals surface area (Å²) < 4.78 is 0.477. The van der Waals surface area contributed by atoms with Crippen LogP contribution in [0.25, 0.3) is 0 Å². The largest absolute Gasteiger partial charge is 0.313 e. The number of hydrogen-bond acceptors (Lipinski definition) is 3. The lowest BCUT2D eigenvalue weighted by atomic mass is 9.92. The fraction of sp³-hybridized carbons (Fsp3) is 1.00. The van der Waals surface area contributed by atoms with Crippen LogP contribution >= 0.6 is 11.8 Å². The van der Waals surface area contributed by atoms with E-state index in [1.165, 1.54) is 51.2 Å². The summed E-state index contributed by atoms with van der Waals surface area (Å²) in [6.45, 7) is 14.5. The van der Waals surface area contributed by atoms with Crippen molar-refractivity contribution >= 4 is 11.8 Å². The molecule has 106 valence electrons. The second-order valence-corrected chi connectivity index (χ2v) is 9.26. The van der Waals surface area contributed by atoms with Crippen LogP contribution in [0, 0.1) is 5.41 Å². The first kappa shape index (κ1) is 14.7. The van der Waals surface area contributed by atoms with Gasteiger partial charge in [-0.1, -0.05) is 27.7 Å². The second-order valence-electron chi connectivity index (χ2n) is 7.45. The molecule has 0 aromatic heterocycles. The summed E-state index contributed by atoms with van der Waals surface area (Å²) in [6.07, 6.45) is 4.11. The third kappa shape index (κ3) is 5.10. The van der Waals surface area contributed by atoms with Crippen molar-refractivity contribution in [1.82, 2.24) is 10.2 Å². The molecule has 0 atom stereocenters. The van der Waals surface area contributed by atoms with E-state index >= 15 is 0 Å². The van der Waals surface area contributed by atoms with Crippen LogP contribution in [0.5, 0.6) is 0 Å². The van der Waals surface area contributed by atoms with Crippen molar-refractivity contribution in [3.8, 4) is 0 Å². The number of rotatable bonds is 5. The molecule has 1 aliphatic heterocycles. The Morgan fingerprint density at radius 3 is 2.67 bits per heavy atom. The highest BCUT2D eigenvalue weighted by atomic mass is 32.2. The van der Waals surface area contributed by atoms with E-state index in [1.807, 2.05) is 0 Å². The Balaban J connectivity index is 1.76. The smallest absolute Gasteiger partial charge is 0.0116 e. The van der Waals surface area contributed by atoms with Gasteiger partial charge >= 0.3 is 0 Å². The van der Waals surface area contributed by atoms with Gasteiger partial charge in [0, 0.05) is 36.2 Å². The number of hydrogen-bond donors (Lipinski definition) is 1. The fourth-order valence-corrected chi connectivity index (χ4v) is 3.73. The van der Waals surface area contributed by atoms with Gasteiger partial charge in [-0.15, -0.1) is 0 Å². The maximum absolute atomic E-state index is 3.69. The second kappa shape index (κ2) is 5.72. The van der Waals surface area contributed by atoms with Crippen molar-refractivity contribution in [3.63, 3.8) is 0 Å². The standard InChI is InChI=1S/C15H30N2S/c1-14(2,11-16-13-5-6-13)12-17-8-7-15(3,4)18-10-9-17/h13,16H,5-12H2,1-4H3. The molecule has 3 heteroatoms. The van der Waals surface area contributed by atoms with Crippen LogP contribution in [-0.2, 0) is 0 Å². The Kier molecular flexibility index (Phi) is 4.66. The molecule has 1 saturated carbocycles. The molecule has 2 aliphatic rings. The van der Waals surface area contributed by atoms with Crippen molar-refractivity contribution in [1.29, 1.82) is 0 Å². The molecule has 2 fully saturated rings. The predicted molar refractivity (Wildman–Crippen MR) is 82.4 cm³/mol. The zero-order chi connectivity index (χ0) is 13.2. The SMILES string of the molecule is CC(C)(CNC1CC1)CN1CCSC(C)(C)CC1. The summed E-state index contributed by atoms with van der Waals surface area (Å²) in [6, 6.07) is 0.836. The molecule has 0 amide bonds. The molecule has 1 saturated heterocycles. The summed E-state index contributed by atoms with van der Waals surface area (Å²) in [4.78, 5) is 2.68. The summed E-state index contributed by atoms with van der Waals surface area (Å²) >= 11 is 2.14. The number of nitrogens with one attached hydrogen (secondary N) is 1. The van der Waals surface area contributed by atoms with E-state index in [4.69, 9.17) is 0 Å². The summed E-state index contributed by atoms with van der Waals surface area (Å²) in [5, 5.41) is 3.69. The number of thioether (sulfide) groups is 1. The Hall–Kier alpha value is 0.270. The molecule has 0 radical (unpaired) electrons. The maximum Gasteiger partial charge on any atom is 0.0116 e. The van der Waals surface area contributed by atoms with E-state index in [-0.39, 0.29) is 0 Å². The molecule has 2 rings (SSSR count). The molecule has 1 aliphatic carbocycles. The minimum atomic E-state index is 0.405. The molecule has 18 heavy (non-hydrogen) atoms. The van der Waals surface area contributed by atoms with Crippen molar-refractivity contribution < 1.29 is 0 Å². The monoisotopic (exact) mass is 270 g/mol. The summed E-state index contributed by atoms with van der Waals surface area (Å²) in [5.41, 5.74) is 0.405. The van der Waals surface area contributed by atoms with Gasteiger partial charge in [-0.05, 0) is 31.2 Å². The molecule has 1 heterocycles. The predicted octanol–water partition coefficient (Wildman–Crippen LogP) is 2.98. The van der Waals surface area contributed by atoms with Crippen molar-refractivity contribution in [3.05, 3.63) is 0 Å². The van der Waals surface area contributed by atoms with Crippen molar-refractivity contribution in [2.24, 2.45) is 5.41 Å². The Morgan fingerprint density at radius 1 is 1.28 bits per heavy atom. The molecule has 0 aromatic rings. The first-order chi connectivity index (χ1) is 8.36. The normalized spacial score (nSPS) is 26.0. The van der Waals surface area contributed by atoms with Crippen LogP contribution in [0.4, 0.5) is 0 Å². The molecule has 2 nitrogen and oxygen atoms in total. The molecule has 0 aromatic carbocycles. The topological polar surface area (TPSA) is 15.3 Å². The number of nitrogens with zero attached hydrogens (tertiary/aromatic N) is 1. The first-order valence-electron chi connectivity index (χ1n) is 7.46. The van der Waals surface area contributed by atoms with Crippen LogP contribution in [0.1, 0.15) is 47.0 Å². The van der Waals surface area contributed by atoms with Gasteiger partial charge in [0.15, 0.2) is 0 Å². The third-order valence-corrected chi connectivity index (χ3v) is 5.40. The quantitative estimate of drug-likeness (QED) is 0.827. The lowest BCUT2D eigenvalue weighted by Gasteiger charge is -2.32. The minimum absolute atomic E-state index is 0.405. The zero-order valence-corrected chi connectivity index (χ0v) is 13.4. The summed E-state index contributed by atoms with van der Waals surface area (Å²) in [7, 11) is 0. The molecular formula is C15H30N2S. The molecule has 1 N–H and O–H groups in total. The molecule has 0 spiro atoms. The van der Waals surface area contributed by atoms with Crippen LogP contribution in [0.3, 0.4) is 0 Å². The van der Waals surface area contributed by atoms with E-state index in [9.17, 15) is 0 Å². The molecule has 0 unspecified atom stereocenters. The minimum Gasteiger partial charge on any atom is -0.313 e. The average molecular weight is 270 g/mol. The van der Waals surface area contributed by atoms with E-state index in [1.54, 1.807) is 0 Å². The Bertz CT molecular complexity index is 272. The van der Waals surface area contributed by atoms with Gasteiger partial charge in [-0.2, -0.15) is 11.8 Å². The van der Waals surface area contributed by atoms with E-state index in [2.05, 4.69) is 49.7 Å². The lowest BCUT2D eigenvalue weighted by Crippen LogP contribution is -2.42. The summed E-state index contributed by atoms with van der Waals surface area (Å²) in [5.74, 6) is 1.29. The third-order valence-electron chi connectivity index (χ3n) is 4.03. The zero-order valence-electron chi connectivity index (χ0n) is 12.6. The van der Waals surface area contributed by atoms with E-state index in [0.29, 0.717) is 10.2 Å².